The first-order valence-corrected chi connectivity index (χ1v) is 5.95. The van der Waals surface area contributed by atoms with Crippen LogP contribution in [0.2, 0.25) is 0 Å². The first-order valence-electron chi connectivity index (χ1n) is 5.95. The summed E-state index contributed by atoms with van der Waals surface area (Å²) in [4.78, 5) is 24.2. The molecule has 1 atom stereocenters. The zero-order chi connectivity index (χ0) is 14.0. The number of hydrogen-bond donors (Lipinski definition) is 1. The second kappa shape index (κ2) is 5.34. The van der Waals surface area contributed by atoms with Crippen LogP contribution >= 0.6 is 0 Å². The van der Waals surface area contributed by atoms with E-state index in [0.29, 0.717) is 24.9 Å². The lowest BCUT2D eigenvalue weighted by molar-refractivity contribution is -0.148. The standard InChI is InChI=1S/C13H13F2NO3/c14-9-4-3-8(6-10(9)15)7-12(17)16-5-1-2-11(16)13(18)19/h3-4,6,11H,1-2,5,7H2,(H,18,19)/t11-/m1/s1. The van der Waals surface area contributed by atoms with E-state index in [1.165, 1.54) is 11.0 Å². The molecule has 1 amide bonds. The van der Waals surface area contributed by atoms with Crippen molar-refractivity contribution in [2.45, 2.75) is 25.3 Å². The normalized spacial score (nSPS) is 18.6. The Morgan fingerprint density at radius 2 is 2.05 bits per heavy atom. The Balaban J connectivity index is 2.08. The Kier molecular flexibility index (Phi) is 3.78. The lowest BCUT2D eigenvalue weighted by atomic mass is 10.1. The molecule has 0 unspecified atom stereocenters. The third-order valence-corrected chi connectivity index (χ3v) is 3.20. The van der Waals surface area contributed by atoms with Gasteiger partial charge in [0.25, 0.3) is 0 Å². The number of carbonyl (C=O) groups excluding carboxylic acids is 1. The molecule has 0 radical (unpaired) electrons. The molecule has 2 rings (SSSR count). The zero-order valence-corrected chi connectivity index (χ0v) is 10.1. The van der Waals surface area contributed by atoms with Gasteiger partial charge in [0.05, 0.1) is 6.42 Å². The maximum absolute atomic E-state index is 13.0. The smallest absolute Gasteiger partial charge is 0.326 e. The second-order valence-electron chi connectivity index (χ2n) is 4.51. The van der Waals surface area contributed by atoms with Gasteiger partial charge in [0.1, 0.15) is 6.04 Å². The monoisotopic (exact) mass is 269 g/mol. The number of rotatable bonds is 3. The summed E-state index contributed by atoms with van der Waals surface area (Å²) in [5.41, 5.74) is 0.333. The van der Waals surface area contributed by atoms with Crippen LogP contribution in [0.25, 0.3) is 0 Å². The Hall–Kier alpha value is -1.98. The molecule has 1 fully saturated rings. The SMILES string of the molecule is O=C(O)[C@H]1CCCN1C(=O)Cc1ccc(F)c(F)c1. The number of amides is 1. The highest BCUT2D eigenvalue weighted by molar-refractivity contribution is 5.85. The molecule has 1 aromatic carbocycles. The first-order chi connectivity index (χ1) is 8.99. The Bertz CT molecular complexity index is 519. The minimum absolute atomic E-state index is 0.124. The molecule has 0 aromatic heterocycles. The average Bonchev–Trinajstić information content (AvgIpc) is 2.83. The molecule has 1 heterocycles. The molecule has 1 aliphatic rings. The molecule has 19 heavy (non-hydrogen) atoms. The van der Waals surface area contributed by atoms with Crippen LogP contribution in [0.15, 0.2) is 18.2 Å². The van der Waals surface area contributed by atoms with Crippen molar-refractivity contribution in [2.75, 3.05) is 6.54 Å². The van der Waals surface area contributed by atoms with Crippen molar-refractivity contribution < 1.29 is 23.5 Å². The topological polar surface area (TPSA) is 57.6 Å². The highest BCUT2D eigenvalue weighted by Gasteiger charge is 2.33. The van der Waals surface area contributed by atoms with Gasteiger partial charge < -0.3 is 10.0 Å². The number of likely N-dealkylation sites (tertiary alicyclic amines) is 1. The van der Waals surface area contributed by atoms with Gasteiger partial charge in [0, 0.05) is 6.54 Å². The summed E-state index contributed by atoms with van der Waals surface area (Å²) >= 11 is 0. The van der Waals surface area contributed by atoms with E-state index in [2.05, 4.69) is 0 Å². The number of nitrogens with zero attached hydrogens (tertiary/aromatic N) is 1. The van der Waals surface area contributed by atoms with Gasteiger partial charge in [-0.25, -0.2) is 13.6 Å². The van der Waals surface area contributed by atoms with E-state index >= 15 is 0 Å². The molecule has 0 spiro atoms. The molecule has 1 aromatic rings. The minimum Gasteiger partial charge on any atom is -0.480 e. The Morgan fingerprint density at radius 3 is 2.68 bits per heavy atom. The van der Waals surface area contributed by atoms with E-state index in [1.807, 2.05) is 0 Å². The van der Waals surface area contributed by atoms with Crippen LogP contribution in [0.3, 0.4) is 0 Å². The predicted octanol–water partition coefficient (Wildman–Crippen LogP) is 1.58. The maximum Gasteiger partial charge on any atom is 0.326 e. The summed E-state index contributed by atoms with van der Waals surface area (Å²) < 4.78 is 25.8. The highest BCUT2D eigenvalue weighted by atomic mass is 19.2. The van der Waals surface area contributed by atoms with Crippen molar-refractivity contribution in [3.05, 3.63) is 35.4 Å². The highest BCUT2D eigenvalue weighted by Crippen LogP contribution is 2.19. The van der Waals surface area contributed by atoms with Gasteiger partial charge in [-0.15, -0.1) is 0 Å². The molecule has 0 aliphatic carbocycles. The number of carboxylic acid groups (broad SMARTS) is 1. The van der Waals surface area contributed by atoms with Gasteiger partial charge in [-0.2, -0.15) is 0 Å². The average molecular weight is 269 g/mol. The van der Waals surface area contributed by atoms with Crippen molar-refractivity contribution in [3.63, 3.8) is 0 Å². The molecule has 6 heteroatoms. The number of aliphatic carboxylic acids is 1. The number of benzene rings is 1. The van der Waals surface area contributed by atoms with Crippen LogP contribution in [0, 0.1) is 11.6 Å². The lowest BCUT2D eigenvalue weighted by Gasteiger charge is -2.21. The van der Waals surface area contributed by atoms with Crippen molar-refractivity contribution in [2.24, 2.45) is 0 Å². The van der Waals surface area contributed by atoms with Crippen LogP contribution in [-0.2, 0) is 16.0 Å². The minimum atomic E-state index is -1.03. The maximum atomic E-state index is 13.0. The molecule has 1 saturated heterocycles. The molecule has 0 bridgehead atoms. The van der Waals surface area contributed by atoms with Gasteiger partial charge in [0.2, 0.25) is 5.91 Å². The fourth-order valence-electron chi connectivity index (χ4n) is 2.25. The van der Waals surface area contributed by atoms with Gasteiger partial charge >= 0.3 is 5.97 Å². The third-order valence-electron chi connectivity index (χ3n) is 3.20. The van der Waals surface area contributed by atoms with Gasteiger partial charge in [0.15, 0.2) is 11.6 Å². The second-order valence-corrected chi connectivity index (χ2v) is 4.51. The van der Waals surface area contributed by atoms with E-state index < -0.39 is 23.6 Å². The third kappa shape index (κ3) is 2.89. The van der Waals surface area contributed by atoms with Crippen molar-refractivity contribution in [1.29, 1.82) is 0 Å². The summed E-state index contributed by atoms with van der Waals surface area (Å²) in [6.07, 6.45) is 0.945. The van der Waals surface area contributed by atoms with E-state index in [9.17, 15) is 18.4 Å². The Morgan fingerprint density at radius 1 is 1.32 bits per heavy atom. The summed E-state index contributed by atoms with van der Waals surface area (Å²) in [6, 6.07) is 2.43. The van der Waals surface area contributed by atoms with Crippen LogP contribution in [0.4, 0.5) is 8.78 Å². The number of carbonyl (C=O) groups is 2. The van der Waals surface area contributed by atoms with E-state index in [0.717, 1.165) is 12.1 Å². The molecule has 1 N–H and O–H groups in total. The summed E-state index contributed by atoms with van der Waals surface area (Å²) in [5, 5.41) is 8.98. The van der Waals surface area contributed by atoms with Crippen molar-refractivity contribution >= 4 is 11.9 Å². The van der Waals surface area contributed by atoms with Gasteiger partial charge in [-0.05, 0) is 30.5 Å². The molecular weight excluding hydrogens is 256 g/mol. The fourth-order valence-corrected chi connectivity index (χ4v) is 2.25. The fraction of sp³-hybridized carbons (Fsp3) is 0.385. The lowest BCUT2D eigenvalue weighted by Crippen LogP contribution is -2.41. The molecule has 0 saturated carbocycles. The van der Waals surface area contributed by atoms with E-state index in [1.54, 1.807) is 0 Å². The molecule has 4 nitrogen and oxygen atoms in total. The number of carboxylic acids is 1. The Labute approximate surface area is 108 Å². The van der Waals surface area contributed by atoms with E-state index in [4.69, 9.17) is 5.11 Å². The molecular formula is C13H13F2NO3. The quantitative estimate of drug-likeness (QED) is 0.906. The van der Waals surface area contributed by atoms with Crippen LogP contribution in [-0.4, -0.2) is 34.5 Å². The van der Waals surface area contributed by atoms with Crippen LogP contribution in [0.1, 0.15) is 18.4 Å². The van der Waals surface area contributed by atoms with E-state index in [-0.39, 0.29) is 12.3 Å². The predicted molar refractivity (Wildman–Crippen MR) is 62.4 cm³/mol. The number of hydrogen-bond acceptors (Lipinski definition) is 2. The summed E-state index contributed by atoms with van der Waals surface area (Å²) in [7, 11) is 0. The van der Waals surface area contributed by atoms with Crippen LogP contribution < -0.4 is 0 Å². The summed E-state index contributed by atoms with van der Waals surface area (Å²) in [6.45, 7) is 0.388. The first kappa shape index (κ1) is 13.5. The van der Waals surface area contributed by atoms with Gasteiger partial charge in [-0.3, -0.25) is 4.79 Å². The number of halogens is 2. The van der Waals surface area contributed by atoms with Crippen molar-refractivity contribution in [1.82, 2.24) is 4.90 Å². The van der Waals surface area contributed by atoms with Crippen molar-refractivity contribution in [3.8, 4) is 0 Å². The van der Waals surface area contributed by atoms with Crippen LogP contribution in [0.5, 0.6) is 0 Å². The van der Waals surface area contributed by atoms with Gasteiger partial charge in [-0.1, -0.05) is 6.07 Å². The largest absolute Gasteiger partial charge is 0.480 e. The summed E-state index contributed by atoms with van der Waals surface area (Å²) in [5.74, 6) is -3.39. The molecule has 102 valence electrons. The zero-order valence-electron chi connectivity index (χ0n) is 10.1. The molecule has 1 aliphatic heterocycles.